The van der Waals surface area contributed by atoms with E-state index in [1.54, 1.807) is 54.6 Å². The molecule has 0 aliphatic rings. The molecule has 0 unspecified atom stereocenters. The molecule has 180 valence electrons. The summed E-state index contributed by atoms with van der Waals surface area (Å²) >= 11 is 0.888. The van der Waals surface area contributed by atoms with Crippen LogP contribution in [-0.4, -0.2) is 58.9 Å². The van der Waals surface area contributed by atoms with E-state index in [0.29, 0.717) is 22.7 Å². The van der Waals surface area contributed by atoms with Crippen molar-refractivity contribution in [3.8, 4) is 17.0 Å². The van der Waals surface area contributed by atoms with Crippen molar-refractivity contribution in [1.82, 2.24) is 14.5 Å². The van der Waals surface area contributed by atoms with Gasteiger partial charge in [0.25, 0.3) is 0 Å². The lowest BCUT2D eigenvalue weighted by Crippen LogP contribution is -2.36. The number of rotatable bonds is 9. The number of carbonyl (C=O) groups is 2. The highest BCUT2D eigenvalue weighted by atomic mass is 32.2. The molecule has 1 aromatic heterocycles. The van der Waals surface area contributed by atoms with Gasteiger partial charge in [-0.1, -0.05) is 48.2 Å². The Hall–Kier alpha value is -3.47. The Labute approximate surface area is 198 Å². The van der Waals surface area contributed by atoms with Gasteiger partial charge >= 0.3 is 6.18 Å². The molecule has 0 atom stereocenters. The van der Waals surface area contributed by atoms with E-state index in [0.717, 1.165) is 16.3 Å². The molecule has 0 saturated heterocycles. The zero-order chi connectivity index (χ0) is 24.7. The van der Waals surface area contributed by atoms with Crippen LogP contribution in [0.15, 0.2) is 66.0 Å². The number of carbonyl (C=O) groups excluding carboxylic acids is 2. The predicted molar refractivity (Wildman–Crippen MR) is 124 cm³/mol. The zero-order valence-corrected chi connectivity index (χ0v) is 19.3. The summed E-state index contributed by atoms with van der Waals surface area (Å²) in [5, 5.41) is 2.74. The van der Waals surface area contributed by atoms with Gasteiger partial charge in [-0.05, 0) is 17.7 Å². The van der Waals surface area contributed by atoms with Crippen molar-refractivity contribution in [3.05, 3.63) is 60.8 Å². The van der Waals surface area contributed by atoms with E-state index in [9.17, 15) is 22.8 Å². The summed E-state index contributed by atoms with van der Waals surface area (Å²) in [6, 6.07) is 15.4. The Morgan fingerprint density at radius 3 is 2.56 bits per heavy atom. The molecule has 0 aliphatic carbocycles. The number of thioether (sulfide) groups is 1. The molecule has 1 N–H and O–H groups in total. The molecule has 3 rings (SSSR count). The third-order valence-corrected chi connectivity index (χ3v) is 5.69. The number of alkyl halides is 3. The fourth-order valence-corrected chi connectivity index (χ4v) is 4.01. The molecule has 0 spiro atoms. The van der Waals surface area contributed by atoms with Gasteiger partial charge in [-0.3, -0.25) is 9.59 Å². The van der Waals surface area contributed by atoms with Crippen LogP contribution in [0.4, 0.5) is 18.9 Å². The number of imidazole rings is 1. The van der Waals surface area contributed by atoms with Crippen molar-refractivity contribution in [2.24, 2.45) is 0 Å². The number of likely N-dealkylation sites (N-methyl/N-ethyl adjacent to an activating group) is 1. The minimum absolute atomic E-state index is 0.0683. The number of amides is 2. The second-order valence-corrected chi connectivity index (χ2v) is 8.25. The lowest BCUT2D eigenvalue weighted by Gasteiger charge is -2.17. The summed E-state index contributed by atoms with van der Waals surface area (Å²) in [5.41, 5.74) is 1.41. The minimum atomic E-state index is -4.46. The van der Waals surface area contributed by atoms with Crippen LogP contribution >= 0.6 is 11.8 Å². The highest BCUT2D eigenvalue weighted by Gasteiger charge is 2.31. The second-order valence-electron chi connectivity index (χ2n) is 7.31. The van der Waals surface area contributed by atoms with E-state index >= 15 is 0 Å². The number of ether oxygens (including phenoxy) is 1. The Balaban J connectivity index is 1.63. The Morgan fingerprint density at radius 2 is 1.88 bits per heavy atom. The molecule has 0 saturated carbocycles. The van der Waals surface area contributed by atoms with Gasteiger partial charge in [0.1, 0.15) is 12.3 Å². The lowest BCUT2D eigenvalue weighted by molar-refractivity contribution is -0.141. The number of hydrogen-bond acceptors (Lipinski definition) is 5. The maximum atomic E-state index is 13.2. The first-order valence-electron chi connectivity index (χ1n) is 10.1. The van der Waals surface area contributed by atoms with Crippen LogP contribution in [0.25, 0.3) is 11.3 Å². The van der Waals surface area contributed by atoms with Crippen LogP contribution < -0.4 is 10.1 Å². The first-order chi connectivity index (χ1) is 16.2. The average Bonchev–Trinajstić information content (AvgIpc) is 3.18. The summed E-state index contributed by atoms with van der Waals surface area (Å²) in [5.74, 6) is -0.443. The fraction of sp³-hybridized carbons (Fsp3) is 0.261. The fourth-order valence-electron chi connectivity index (χ4n) is 3.09. The molecule has 3 aromatic rings. The van der Waals surface area contributed by atoms with Crippen LogP contribution in [0.3, 0.4) is 0 Å². The topological polar surface area (TPSA) is 76.5 Å². The predicted octanol–water partition coefficient (Wildman–Crippen LogP) is 4.31. The zero-order valence-electron chi connectivity index (χ0n) is 18.5. The monoisotopic (exact) mass is 492 g/mol. The molecule has 34 heavy (non-hydrogen) atoms. The average molecular weight is 493 g/mol. The molecule has 11 heteroatoms. The number of methoxy groups -OCH3 is 1. The molecule has 2 amide bonds. The summed E-state index contributed by atoms with van der Waals surface area (Å²) < 4.78 is 45.8. The van der Waals surface area contributed by atoms with Gasteiger partial charge in [-0.15, -0.1) is 0 Å². The minimum Gasteiger partial charge on any atom is -0.497 e. The summed E-state index contributed by atoms with van der Waals surface area (Å²) in [6.45, 7) is -1.45. The quantitative estimate of drug-likeness (QED) is 0.451. The number of nitrogens with one attached hydrogen (secondary N) is 1. The highest BCUT2D eigenvalue weighted by molar-refractivity contribution is 7.99. The standard InChI is InChI=1S/C23H23F3N4O3S/c1-29(13-20(31)28-17-9-6-10-18(11-17)33-2)21(32)14-34-22-27-12-19(16-7-4-3-5-8-16)30(22)15-23(24,25)26/h3-12H,13-15H2,1-2H3,(H,28,31). The third kappa shape index (κ3) is 7.01. The van der Waals surface area contributed by atoms with Gasteiger partial charge in [-0.2, -0.15) is 13.2 Å². The summed E-state index contributed by atoms with van der Waals surface area (Å²) in [7, 11) is 2.96. The number of nitrogens with zero attached hydrogens (tertiary/aromatic N) is 3. The van der Waals surface area contributed by atoms with E-state index in [1.165, 1.54) is 25.3 Å². The van der Waals surface area contributed by atoms with Crippen LogP contribution in [0.2, 0.25) is 0 Å². The van der Waals surface area contributed by atoms with Crippen LogP contribution in [-0.2, 0) is 16.1 Å². The van der Waals surface area contributed by atoms with Crippen LogP contribution in [0, 0.1) is 0 Å². The SMILES string of the molecule is COc1cccc(NC(=O)CN(C)C(=O)CSc2ncc(-c3ccccc3)n2CC(F)(F)F)c1. The lowest BCUT2D eigenvalue weighted by atomic mass is 10.2. The van der Waals surface area contributed by atoms with Crippen molar-refractivity contribution in [2.45, 2.75) is 17.9 Å². The molecule has 0 radical (unpaired) electrons. The number of benzene rings is 2. The second kappa shape index (κ2) is 11.1. The Bertz CT molecular complexity index is 1140. The van der Waals surface area contributed by atoms with E-state index in [1.807, 2.05) is 0 Å². The Kier molecular flexibility index (Phi) is 8.21. The first kappa shape index (κ1) is 25.2. The van der Waals surface area contributed by atoms with Crippen molar-refractivity contribution < 1.29 is 27.5 Å². The summed E-state index contributed by atoms with van der Waals surface area (Å²) in [6.07, 6.45) is -3.10. The highest BCUT2D eigenvalue weighted by Crippen LogP contribution is 2.30. The molecule has 2 aromatic carbocycles. The van der Waals surface area contributed by atoms with Gasteiger partial charge in [0, 0.05) is 18.8 Å². The third-order valence-electron chi connectivity index (χ3n) is 4.71. The van der Waals surface area contributed by atoms with Crippen molar-refractivity contribution in [3.63, 3.8) is 0 Å². The van der Waals surface area contributed by atoms with E-state index in [4.69, 9.17) is 4.74 Å². The number of anilines is 1. The van der Waals surface area contributed by atoms with Gasteiger partial charge in [0.15, 0.2) is 5.16 Å². The van der Waals surface area contributed by atoms with Crippen LogP contribution in [0.1, 0.15) is 0 Å². The first-order valence-corrected chi connectivity index (χ1v) is 11.1. The molecular formula is C23H23F3N4O3S. The largest absolute Gasteiger partial charge is 0.497 e. The van der Waals surface area contributed by atoms with Crippen molar-refractivity contribution in [2.75, 3.05) is 31.8 Å². The van der Waals surface area contributed by atoms with Gasteiger partial charge in [-0.25, -0.2) is 4.98 Å². The number of aromatic nitrogens is 2. The van der Waals surface area contributed by atoms with Gasteiger partial charge in [0.2, 0.25) is 11.8 Å². The summed E-state index contributed by atoms with van der Waals surface area (Å²) in [4.78, 5) is 30.1. The smallest absolute Gasteiger partial charge is 0.406 e. The molecule has 0 fully saturated rings. The maximum Gasteiger partial charge on any atom is 0.406 e. The Morgan fingerprint density at radius 1 is 1.15 bits per heavy atom. The number of halogens is 3. The van der Waals surface area contributed by atoms with Gasteiger partial charge < -0.3 is 19.5 Å². The molecule has 7 nitrogen and oxygen atoms in total. The van der Waals surface area contributed by atoms with E-state index < -0.39 is 24.5 Å². The molecule has 0 aliphatic heterocycles. The maximum absolute atomic E-state index is 13.2. The molecular weight excluding hydrogens is 469 g/mol. The van der Waals surface area contributed by atoms with E-state index in [2.05, 4.69) is 10.3 Å². The molecule has 0 bridgehead atoms. The van der Waals surface area contributed by atoms with Gasteiger partial charge in [0.05, 0.1) is 31.3 Å². The van der Waals surface area contributed by atoms with E-state index in [-0.39, 0.29) is 17.5 Å². The molecule has 1 heterocycles. The van der Waals surface area contributed by atoms with Crippen molar-refractivity contribution in [1.29, 1.82) is 0 Å². The van der Waals surface area contributed by atoms with Crippen LogP contribution in [0.5, 0.6) is 5.75 Å². The normalized spacial score (nSPS) is 11.2. The number of hydrogen-bond donors (Lipinski definition) is 1. The van der Waals surface area contributed by atoms with Crippen molar-refractivity contribution >= 4 is 29.3 Å².